The number of hydrogen-bond donors (Lipinski definition) is 2. The van der Waals surface area contributed by atoms with E-state index in [1.807, 2.05) is 18.2 Å². The summed E-state index contributed by atoms with van der Waals surface area (Å²) in [5, 5.41) is 6.14. The summed E-state index contributed by atoms with van der Waals surface area (Å²) < 4.78 is 5.51. The van der Waals surface area contributed by atoms with E-state index < -0.39 is 0 Å². The number of carbonyl (C=O) groups is 1. The Morgan fingerprint density at radius 1 is 1.50 bits per heavy atom. The highest BCUT2D eigenvalue weighted by atomic mass is 16.5. The molecule has 0 bridgehead atoms. The minimum atomic E-state index is -0.0242. The molecule has 2 N–H and O–H groups in total. The van der Waals surface area contributed by atoms with Crippen LogP contribution >= 0.6 is 0 Å². The van der Waals surface area contributed by atoms with Crippen molar-refractivity contribution >= 4 is 5.91 Å². The SMILES string of the molecule is CCCOc1cccc(C(=O)NCC2CNC2)c1. The van der Waals surface area contributed by atoms with E-state index in [1.54, 1.807) is 6.07 Å². The normalized spacial score (nSPS) is 14.9. The van der Waals surface area contributed by atoms with Gasteiger partial charge in [-0.3, -0.25) is 4.79 Å². The lowest BCUT2D eigenvalue weighted by Crippen LogP contribution is -2.48. The fourth-order valence-electron chi connectivity index (χ4n) is 1.78. The van der Waals surface area contributed by atoms with Gasteiger partial charge < -0.3 is 15.4 Å². The highest BCUT2D eigenvalue weighted by Crippen LogP contribution is 2.13. The molecule has 0 saturated carbocycles. The topological polar surface area (TPSA) is 50.4 Å². The molecule has 1 heterocycles. The lowest BCUT2D eigenvalue weighted by molar-refractivity contribution is 0.0941. The van der Waals surface area contributed by atoms with E-state index in [0.29, 0.717) is 18.1 Å². The molecule has 1 saturated heterocycles. The molecule has 1 aromatic carbocycles. The molecule has 1 aromatic rings. The van der Waals surface area contributed by atoms with Crippen molar-refractivity contribution in [3.63, 3.8) is 0 Å². The highest BCUT2D eigenvalue weighted by molar-refractivity contribution is 5.94. The van der Waals surface area contributed by atoms with Crippen molar-refractivity contribution in [3.8, 4) is 5.75 Å². The van der Waals surface area contributed by atoms with Gasteiger partial charge in [0.25, 0.3) is 5.91 Å². The van der Waals surface area contributed by atoms with Crippen LogP contribution in [0.4, 0.5) is 0 Å². The van der Waals surface area contributed by atoms with Crippen molar-refractivity contribution in [1.29, 1.82) is 0 Å². The Labute approximate surface area is 108 Å². The van der Waals surface area contributed by atoms with Crippen molar-refractivity contribution < 1.29 is 9.53 Å². The monoisotopic (exact) mass is 248 g/mol. The van der Waals surface area contributed by atoms with E-state index in [2.05, 4.69) is 17.6 Å². The molecule has 0 radical (unpaired) electrons. The first-order valence-electron chi connectivity index (χ1n) is 6.51. The van der Waals surface area contributed by atoms with Gasteiger partial charge in [0.2, 0.25) is 0 Å². The fourth-order valence-corrected chi connectivity index (χ4v) is 1.78. The second-order valence-electron chi connectivity index (χ2n) is 4.61. The van der Waals surface area contributed by atoms with Crippen molar-refractivity contribution in [1.82, 2.24) is 10.6 Å². The molecule has 0 spiro atoms. The number of carbonyl (C=O) groups excluding carboxylic acids is 1. The highest BCUT2D eigenvalue weighted by Gasteiger charge is 2.17. The van der Waals surface area contributed by atoms with Crippen LogP contribution in [0.1, 0.15) is 23.7 Å². The number of hydrogen-bond acceptors (Lipinski definition) is 3. The molecule has 0 aliphatic carbocycles. The molecule has 2 rings (SSSR count). The summed E-state index contributed by atoms with van der Waals surface area (Å²) in [6.45, 7) is 5.48. The maximum Gasteiger partial charge on any atom is 0.251 e. The van der Waals surface area contributed by atoms with Crippen molar-refractivity contribution in [2.75, 3.05) is 26.2 Å². The van der Waals surface area contributed by atoms with E-state index in [0.717, 1.165) is 31.8 Å². The van der Waals surface area contributed by atoms with E-state index in [4.69, 9.17) is 4.74 Å². The quantitative estimate of drug-likeness (QED) is 0.800. The minimum Gasteiger partial charge on any atom is -0.494 e. The van der Waals surface area contributed by atoms with Crippen LogP contribution in [0.2, 0.25) is 0 Å². The first kappa shape index (κ1) is 12.9. The van der Waals surface area contributed by atoms with E-state index >= 15 is 0 Å². The maximum absolute atomic E-state index is 11.9. The standard InChI is InChI=1S/C14H20N2O2/c1-2-6-18-13-5-3-4-12(7-13)14(17)16-10-11-8-15-9-11/h3-5,7,11,15H,2,6,8-10H2,1H3,(H,16,17). The van der Waals surface area contributed by atoms with Crippen LogP contribution in [-0.2, 0) is 0 Å². The number of ether oxygens (including phenoxy) is 1. The predicted molar refractivity (Wildman–Crippen MR) is 70.9 cm³/mol. The summed E-state index contributed by atoms with van der Waals surface area (Å²) >= 11 is 0. The minimum absolute atomic E-state index is 0.0242. The summed E-state index contributed by atoms with van der Waals surface area (Å²) in [5.41, 5.74) is 0.663. The summed E-state index contributed by atoms with van der Waals surface area (Å²) in [6, 6.07) is 7.34. The fraction of sp³-hybridized carbons (Fsp3) is 0.500. The Bertz CT molecular complexity index is 403. The summed E-state index contributed by atoms with van der Waals surface area (Å²) in [6.07, 6.45) is 0.963. The average Bonchev–Trinajstić information content (AvgIpc) is 2.34. The average molecular weight is 248 g/mol. The van der Waals surface area contributed by atoms with Crippen LogP contribution in [0.3, 0.4) is 0 Å². The van der Waals surface area contributed by atoms with Crippen LogP contribution in [-0.4, -0.2) is 32.1 Å². The molecule has 1 fully saturated rings. The molecule has 1 amide bonds. The first-order chi connectivity index (χ1) is 8.79. The molecule has 0 aromatic heterocycles. The molecular formula is C14H20N2O2. The van der Waals surface area contributed by atoms with Crippen molar-refractivity contribution in [3.05, 3.63) is 29.8 Å². The molecular weight excluding hydrogens is 228 g/mol. The van der Waals surface area contributed by atoms with Gasteiger partial charge in [-0.1, -0.05) is 13.0 Å². The van der Waals surface area contributed by atoms with Gasteiger partial charge in [-0.05, 0) is 24.6 Å². The van der Waals surface area contributed by atoms with Crippen LogP contribution < -0.4 is 15.4 Å². The predicted octanol–water partition coefficient (Wildman–Crippen LogP) is 1.42. The second-order valence-corrected chi connectivity index (χ2v) is 4.61. The van der Waals surface area contributed by atoms with Crippen LogP contribution in [0, 0.1) is 5.92 Å². The molecule has 4 heteroatoms. The van der Waals surface area contributed by atoms with E-state index in [1.165, 1.54) is 0 Å². The number of amides is 1. The molecule has 1 aliphatic rings. The molecule has 1 aliphatic heterocycles. The Balaban J connectivity index is 1.87. The maximum atomic E-state index is 11.9. The number of rotatable bonds is 6. The third kappa shape index (κ3) is 3.47. The van der Waals surface area contributed by atoms with Gasteiger partial charge in [0.1, 0.15) is 5.75 Å². The lowest BCUT2D eigenvalue weighted by atomic mass is 10.0. The Morgan fingerprint density at radius 2 is 2.33 bits per heavy atom. The van der Waals surface area contributed by atoms with Crippen LogP contribution in [0.25, 0.3) is 0 Å². The van der Waals surface area contributed by atoms with Gasteiger partial charge >= 0.3 is 0 Å². The zero-order chi connectivity index (χ0) is 12.8. The molecule has 4 nitrogen and oxygen atoms in total. The van der Waals surface area contributed by atoms with Crippen LogP contribution in [0.15, 0.2) is 24.3 Å². The van der Waals surface area contributed by atoms with Gasteiger partial charge in [0.05, 0.1) is 6.61 Å². The van der Waals surface area contributed by atoms with E-state index in [-0.39, 0.29) is 5.91 Å². The molecule has 0 atom stereocenters. The zero-order valence-electron chi connectivity index (χ0n) is 10.7. The van der Waals surface area contributed by atoms with Crippen molar-refractivity contribution in [2.45, 2.75) is 13.3 Å². The molecule has 98 valence electrons. The Morgan fingerprint density at radius 3 is 3.00 bits per heavy atom. The van der Waals surface area contributed by atoms with Crippen LogP contribution in [0.5, 0.6) is 5.75 Å². The molecule has 0 unspecified atom stereocenters. The number of nitrogens with one attached hydrogen (secondary N) is 2. The third-order valence-corrected chi connectivity index (χ3v) is 2.99. The lowest BCUT2D eigenvalue weighted by Gasteiger charge is -2.27. The van der Waals surface area contributed by atoms with Gasteiger partial charge in [0, 0.05) is 31.1 Å². The molecule has 18 heavy (non-hydrogen) atoms. The third-order valence-electron chi connectivity index (χ3n) is 2.99. The van der Waals surface area contributed by atoms with Gasteiger partial charge in [0.15, 0.2) is 0 Å². The van der Waals surface area contributed by atoms with Gasteiger partial charge in [-0.2, -0.15) is 0 Å². The van der Waals surface area contributed by atoms with E-state index in [9.17, 15) is 4.79 Å². The summed E-state index contributed by atoms with van der Waals surface area (Å²) in [7, 11) is 0. The van der Waals surface area contributed by atoms with Crippen molar-refractivity contribution in [2.24, 2.45) is 5.92 Å². The first-order valence-corrected chi connectivity index (χ1v) is 6.51. The second kappa shape index (κ2) is 6.40. The summed E-state index contributed by atoms with van der Waals surface area (Å²) in [4.78, 5) is 11.9. The largest absolute Gasteiger partial charge is 0.494 e. The number of benzene rings is 1. The van der Waals surface area contributed by atoms with Gasteiger partial charge in [-0.25, -0.2) is 0 Å². The van der Waals surface area contributed by atoms with Gasteiger partial charge in [-0.15, -0.1) is 0 Å². The Hall–Kier alpha value is -1.55. The smallest absolute Gasteiger partial charge is 0.251 e. The zero-order valence-corrected chi connectivity index (χ0v) is 10.7. The Kier molecular flexibility index (Phi) is 4.59. The summed E-state index contributed by atoms with van der Waals surface area (Å²) in [5.74, 6) is 1.31.